The van der Waals surface area contributed by atoms with E-state index in [0.29, 0.717) is 19.4 Å². The molecule has 1 heterocycles. The summed E-state index contributed by atoms with van der Waals surface area (Å²) in [6.07, 6.45) is 3.17. The molecule has 0 aliphatic carbocycles. The maximum Gasteiger partial charge on any atom is 0.243 e. The zero-order valence-electron chi connectivity index (χ0n) is 14.1. The number of hydrogen-bond acceptors (Lipinski definition) is 3. The van der Waals surface area contributed by atoms with Gasteiger partial charge < -0.3 is 5.32 Å². The Bertz CT molecular complexity index is 640. The van der Waals surface area contributed by atoms with Crippen LogP contribution in [0.2, 0.25) is 0 Å². The van der Waals surface area contributed by atoms with Crippen molar-refractivity contribution in [2.24, 2.45) is 0 Å². The smallest absolute Gasteiger partial charge is 0.243 e. The van der Waals surface area contributed by atoms with Gasteiger partial charge in [0.1, 0.15) is 6.04 Å². The molecule has 1 amide bonds. The van der Waals surface area contributed by atoms with Crippen LogP contribution in [-0.4, -0.2) is 37.3 Å². The fourth-order valence-corrected chi connectivity index (χ4v) is 4.64. The molecule has 1 aliphatic heterocycles. The highest BCUT2D eigenvalue weighted by Gasteiger charge is 2.39. The summed E-state index contributed by atoms with van der Waals surface area (Å²) >= 11 is 0. The van der Waals surface area contributed by atoms with Crippen molar-refractivity contribution in [2.45, 2.75) is 63.4 Å². The Morgan fingerprint density at radius 2 is 2.00 bits per heavy atom. The van der Waals surface area contributed by atoms with Crippen LogP contribution in [0.5, 0.6) is 0 Å². The molecule has 0 bridgehead atoms. The maximum absolute atomic E-state index is 12.8. The van der Waals surface area contributed by atoms with Gasteiger partial charge in [-0.2, -0.15) is 4.31 Å². The molecule has 23 heavy (non-hydrogen) atoms. The fraction of sp³-hybridized carbons (Fsp3) is 0.588. The van der Waals surface area contributed by atoms with Crippen molar-refractivity contribution >= 4 is 15.9 Å². The lowest BCUT2D eigenvalue weighted by Crippen LogP contribution is -2.48. The number of carbonyl (C=O) groups is 1. The van der Waals surface area contributed by atoms with Gasteiger partial charge in [-0.05, 0) is 45.2 Å². The van der Waals surface area contributed by atoms with Gasteiger partial charge in [-0.1, -0.05) is 31.0 Å². The highest BCUT2D eigenvalue weighted by Crippen LogP contribution is 2.26. The van der Waals surface area contributed by atoms with Gasteiger partial charge in [-0.15, -0.1) is 0 Å². The number of benzene rings is 1. The van der Waals surface area contributed by atoms with Crippen molar-refractivity contribution in [2.75, 3.05) is 6.54 Å². The Balaban J connectivity index is 2.17. The highest BCUT2D eigenvalue weighted by atomic mass is 32.2. The van der Waals surface area contributed by atoms with E-state index < -0.39 is 16.1 Å². The lowest BCUT2D eigenvalue weighted by atomic mass is 10.1. The summed E-state index contributed by atoms with van der Waals surface area (Å²) in [5, 5.41) is 2.94. The van der Waals surface area contributed by atoms with Crippen LogP contribution in [0, 0.1) is 6.92 Å². The average Bonchev–Trinajstić information content (AvgIpc) is 2.98. The minimum Gasteiger partial charge on any atom is -0.352 e. The molecule has 0 unspecified atom stereocenters. The van der Waals surface area contributed by atoms with E-state index in [1.54, 1.807) is 24.3 Å². The zero-order valence-corrected chi connectivity index (χ0v) is 14.9. The highest BCUT2D eigenvalue weighted by molar-refractivity contribution is 7.89. The predicted molar refractivity (Wildman–Crippen MR) is 90.6 cm³/mol. The first-order chi connectivity index (χ1) is 10.9. The van der Waals surface area contributed by atoms with E-state index in [1.165, 1.54) is 4.31 Å². The maximum atomic E-state index is 12.8. The lowest BCUT2D eigenvalue weighted by molar-refractivity contribution is -0.124. The second-order valence-electron chi connectivity index (χ2n) is 6.29. The molecule has 0 radical (unpaired) electrons. The summed E-state index contributed by atoms with van der Waals surface area (Å²) in [4.78, 5) is 12.7. The van der Waals surface area contributed by atoms with Gasteiger partial charge in [0.05, 0.1) is 4.90 Å². The van der Waals surface area contributed by atoms with Crippen LogP contribution in [0.3, 0.4) is 0 Å². The van der Waals surface area contributed by atoms with Crippen LogP contribution in [0.4, 0.5) is 0 Å². The number of sulfonamides is 1. The SMILES string of the molecule is CCC[C@@H](C)NC(=O)[C@@H]1CCCN1S(=O)(=O)c1ccc(C)cc1. The van der Waals surface area contributed by atoms with Crippen molar-refractivity contribution < 1.29 is 13.2 Å². The van der Waals surface area contributed by atoms with Crippen molar-refractivity contribution in [1.82, 2.24) is 9.62 Å². The quantitative estimate of drug-likeness (QED) is 0.866. The number of aryl methyl sites for hydroxylation is 1. The summed E-state index contributed by atoms with van der Waals surface area (Å²) < 4.78 is 27.0. The molecule has 5 nitrogen and oxygen atoms in total. The molecule has 0 saturated carbocycles. The molecule has 2 rings (SSSR count). The monoisotopic (exact) mass is 338 g/mol. The van der Waals surface area contributed by atoms with Crippen molar-refractivity contribution in [3.63, 3.8) is 0 Å². The third-order valence-corrected chi connectivity index (χ3v) is 6.17. The summed E-state index contributed by atoms with van der Waals surface area (Å²) in [5.41, 5.74) is 1.01. The number of nitrogens with zero attached hydrogens (tertiary/aromatic N) is 1. The van der Waals surface area contributed by atoms with Gasteiger partial charge >= 0.3 is 0 Å². The number of nitrogens with one attached hydrogen (secondary N) is 1. The molecule has 1 aromatic carbocycles. The molecule has 1 aliphatic rings. The molecule has 0 aromatic heterocycles. The van der Waals surface area contributed by atoms with Crippen molar-refractivity contribution in [1.29, 1.82) is 0 Å². The topological polar surface area (TPSA) is 66.5 Å². The largest absolute Gasteiger partial charge is 0.352 e. The number of hydrogen-bond donors (Lipinski definition) is 1. The Labute approximate surface area is 139 Å². The first-order valence-electron chi connectivity index (χ1n) is 8.25. The molecule has 2 atom stereocenters. The predicted octanol–water partition coefficient (Wildman–Crippen LogP) is 2.45. The standard InChI is InChI=1S/C17H26N2O3S/c1-4-6-14(3)18-17(20)16-7-5-12-19(16)23(21,22)15-10-8-13(2)9-11-15/h8-11,14,16H,4-7,12H2,1-3H3,(H,18,20)/t14-,16+/m1/s1. The molecular formula is C17H26N2O3S. The first-order valence-corrected chi connectivity index (χ1v) is 9.69. The molecule has 1 saturated heterocycles. The minimum absolute atomic E-state index is 0.0667. The summed E-state index contributed by atoms with van der Waals surface area (Å²) in [7, 11) is -3.63. The Morgan fingerprint density at radius 3 is 2.61 bits per heavy atom. The van der Waals surface area contributed by atoms with Crippen LogP contribution in [0.25, 0.3) is 0 Å². The van der Waals surface area contributed by atoms with Crippen LogP contribution in [-0.2, 0) is 14.8 Å². The van der Waals surface area contributed by atoms with E-state index >= 15 is 0 Å². The van der Waals surface area contributed by atoms with Gasteiger partial charge in [-0.3, -0.25) is 4.79 Å². The van der Waals surface area contributed by atoms with Gasteiger partial charge in [0.25, 0.3) is 0 Å². The lowest BCUT2D eigenvalue weighted by Gasteiger charge is -2.25. The van der Waals surface area contributed by atoms with Gasteiger partial charge in [0.15, 0.2) is 0 Å². The van der Waals surface area contributed by atoms with E-state index in [-0.39, 0.29) is 16.8 Å². The summed E-state index contributed by atoms with van der Waals surface area (Å²) in [6, 6.07) is 6.25. The molecule has 128 valence electrons. The Hall–Kier alpha value is -1.40. The van der Waals surface area contributed by atoms with E-state index in [1.807, 2.05) is 13.8 Å². The molecule has 6 heteroatoms. The van der Waals surface area contributed by atoms with Crippen molar-refractivity contribution in [3.05, 3.63) is 29.8 Å². The van der Waals surface area contributed by atoms with Gasteiger partial charge in [-0.25, -0.2) is 8.42 Å². The van der Waals surface area contributed by atoms with E-state index in [4.69, 9.17) is 0 Å². The second-order valence-corrected chi connectivity index (χ2v) is 8.18. The number of carbonyl (C=O) groups excluding carboxylic acids is 1. The molecule has 1 fully saturated rings. The van der Waals surface area contributed by atoms with Crippen LogP contribution in [0.1, 0.15) is 45.1 Å². The van der Waals surface area contributed by atoms with Crippen molar-refractivity contribution in [3.8, 4) is 0 Å². The van der Waals surface area contributed by atoms with Crippen LogP contribution < -0.4 is 5.32 Å². The number of amides is 1. The Morgan fingerprint density at radius 1 is 1.35 bits per heavy atom. The summed E-state index contributed by atoms with van der Waals surface area (Å²) in [6.45, 7) is 6.33. The molecule has 0 spiro atoms. The Kier molecular flexibility index (Phi) is 5.81. The summed E-state index contributed by atoms with van der Waals surface area (Å²) in [5.74, 6) is -0.181. The van der Waals surface area contributed by atoms with E-state index in [2.05, 4.69) is 12.2 Å². The van der Waals surface area contributed by atoms with E-state index in [9.17, 15) is 13.2 Å². The molecule has 1 N–H and O–H groups in total. The van der Waals surface area contributed by atoms with Crippen LogP contribution >= 0.6 is 0 Å². The third kappa shape index (κ3) is 4.12. The van der Waals surface area contributed by atoms with Gasteiger partial charge in [0, 0.05) is 12.6 Å². The van der Waals surface area contributed by atoms with E-state index in [0.717, 1.165) is 18.4 Å². The minimum atomic E-state index is -3.63. The average molecular weight is 338 g/mol. The zero-order chi connectivity index (χ0) is 17.0. The third-order valence-electron chi connectivity index (χ3n) is 4.24. The number of rotatable bonds is 6. The normalized spacial score (nSPS) is 20.4. The molecular weight excluding hydrogens is 312 g/mol. The van der Waals surface area contributed by atoms with Gasteiger partial charge in [0.2, 0.25) is 15.9 Å². The van der Waals surface area contributed by atoms with Crippen LogP contribution in [0.15, 0.2) is 29.2 Å². The molecule has 1 aromatic rings. The first kappa shape index (κ1) is 17.9. The fourth-order valence-electron chi connectivity index (χ4n) is 2.98. The second kappa shape index (κ2) is 7.45.